The second-order valence-electron chi connectivity index (χ2n) is 4.07. The molecule has 0 radical (unpaired) electrons. The van der Waals surface area contributed by atoms with Crippen molar-refractivity contribution in [3.8, 4) is 0 Å². The lowest BCUT2D eigenvalue weighted by molar-refractivity contribution is 0.367. The van der Waals surface area contributed by atoms with Gasteiger partial charge >= 0.3 is 0 Å². The van der Waals surface area contributed by atoms with Crippen LogP contribution in [0.15, 0.2) is 16.5 Å². The van der Waals surface area contributed by atoms with Crippen LogP contribution in [0.2, 0.25) is 0 Å². The summed E-state index contributed by atoms with van der Waals surface area (Å²) in [6.07, 6.45) is 1.21. The van der Waals surface area contributed by atoms with Crippen LogP contribution in [-0.2, 0) is 6.54 Å². The third-order valence-corrected chi connectivity index (χ3v) is 2.89. The number of furan rings is 1. The lowest BCUT2D eigenvalue weighted by Crippen LogP contribution is -2.31. The van der Waals surface area contributed by atoms with Crippen LogP contribution >= 0.6 is 0 Å². The average molecular weight is 195 g/mol. The summed E-state index contributed by atoms with van der Waals surface area (Å²) < 4.78 is 5.48. The first-order valence-corrected chi connectivity index (χ1v) is 5.42. The van der Waals surface area contributed by atoms with E-state index in [4.69, 9.17) is 4.42 Å². The first-order chi connectivity index (χ1) is 6.63. The highest BCUT2D eigenvalue weighted by Gasteiger charge is 2.09. The molecule has 0 saturated heterocycles. The molecular weight excluding hydrogens is 174 g/mol. The Morgan fingerprint density at radius 3 is 2.57 bits per heavy atom. The molecule has 2 unspecified atom stereocenters. The van der Waals surface area contributed by atoms with Gasteiger partial charge in [0.05, 0.1) is 6.54 Å². The molecule has 0 saturated carbocycles. The third kappa shape index (κ3) is 3.18. The molecular formula is C12H21NO. The monoisotopic (exact) mass is 195 g/mol. The van der Waals surface area contributed by atoms with E-state index in [0.717, 1.165) is 18.1 Å². The van der Waals surface area contributed by atoms with Crippen molar-refractivity contribution in [3.63, 3.8) is 0 Å². The maximum atomic E-state index is 5.48. The van der Waals surface area contributed by atoms with Crippen LogP contribution in [0.5, 0.6) is 0 Å². The van der Waals surface area contributed by atoms with Crippen molar-refractivity contribution in [1.29, 1.82) is 0 Å². The molecule has 2 nitrogen and oxygen atoms in total. The van der Waals surface area contributed by atoms with Crippen LogP contribution in [0.3, 0.4) is 0 Å². The van der Waals surface area contributed by atoms with Crippen LogP contribution in [0, 0.1) is 12.8 Å². The summed E-state index contributed by atoms with van der Waals surface area (Å²) in [6.45, 7) is 9.52. The summed E-state index contributed by atoms with van der Waals surface area (Å²) in [5, 5.41) is 3.47. The van der Waals surface area contributed by atoms with E-state index >= 15 is 0 Å². The van der Waals surface area contributed by atoms with Crippen LogP contribution in [0.25, 0.3) is 0 Å². The minimum atomic E-state index is 0.547. The number of nitrogens with one attached hydrogen (secondary N) is 1. The van der Waals surface area contributed by atoms with E-state index in [-0.39, 0.29) is 0 Å². The van der Waals surface area contributed by atoms with Crippen LogP contribution in [0.4, 0.5) is 0 Å². The fraction of sp³-hybridized carbons (Fsp3) is 0.667. The van der Waals surface area contributed by atoms with E-state index in [2.05, 4.69) is 26.1 Å². The zero-order chi connectivity index (χ0) is 10.6. The smallest absolute Gasteiger partial charge is 0.117 e. The van der Waals surface area contributed by atoms with Crippen molar-refractivity contribution in [2.45, 2.75) is 46.7 Å². The molecule has 1 heterocycles. The van der Waals surface area contributed by atoms with Gasteiger partial charge in [0.15, 0.2) is 0 Å². The zero-order valence-corrected chi connectivity index (χ0v) is 9.63. The quantitative estimate of drug-likeness (QED) is 0.781. The third-order valence-electron chi connectivity index (χ3n) is 2.89. The minimum absolute atomic E-state index is 0.547. The van der Waals surface area contributed by atoms with Gasteiger partial charge in [-0.3, -0.25) is 0 Å². The van der Waals surface area contributed by atoms with Gasteiger partial charge in [0, 0.05) is 6.04 Å². The van der Waals surface area contributed by atoms with Gasteiger partial charge in [0.25, 0.3) is 0 Å². The molecule has 0 fully saturated rings. The van der Waals surface area contributed by atoms with Gasteiger partial charge < -0.3 is 9.73 Å². The Morgan fingerprint density at radius 2 is 2.07 bits per heavy atom. The number of hydrogen-bond acceptors (Lipinski definition) is 2. The molecule has 2 heteroatoms. The van der Waals surface area contributed by atoms with Gasteiger partial charge in [-0.15, -0.1) is 0 Å². The zero-order valence-electron chi connectivity index (χ0n) is 9.63. The van der Waals surface area contributed by atoms with Crippen molar-refractivity contribution in [2.75, 3.05) is 0 Å². The Bertz CT molecular complexity index is 267. The SMILES string of the molecule is CCC(C)C(C)NCc1ccc(C)o1. The van der Waals surface area contributed by atoms with Gasteiger partial charge in [-0.25, -0.2) is 0 Å². The van der Waals surface area contributed by atoms with Crippen LogP contribution in [0.1, 0.15) is 38.7 Å². The number of hydrogen-bond donors (Lipinski definition) is 1. The second-order valence-corrected chi connectivity index (χ2v) is 4.07. The van der Waals surface area contributed by atoms with E-state index in [1.165, 1.54) is 6.42 Å². The summed E-state index contributed by atoms with van der Waals surface area (Å²) in [5.41, 5.74) is 0. The van der Waals surface area contributed by atoms with Crippen molar-refractivity contribution in [1.82, 2.24) is 5.32 Å². The van der Waals surface area contributed by atoms with Crippen molar-refractivity contribution in [2.24, 2.45) is 5.92 Å². The minimum Gasteiger partial charge on any atom is -0.465 e. The Kier molecular flexibility index (Phi) is 4.21. The van der Waals surface area contributed by atoms with E-state index in [1.807, 2.05) is 19.1 Å². The van der Waals surface area contributed by atoms with Gasteiger partial charge in [-0.05, 0) is 31.9 Å². The molecule has 0 aliphatic rings. The van der Waals surface area contributed by atoms with E-state index < -0.39 is 0 Å². The largest absolute Gasteiger partial charge is 0.465 e. The fourth-order valence-corrected chi connectivity index (χ4v) is 1.40. The first kappa shape index (κ1) is 11.3. The fourth-order valence-electron chi connectivity index (χ4n) is 1.40. The van der Waals surface area contributed by atoms with Gasteiger partial charge in [-0.1, -0.05) is 20.3 Å². The predicted octanol–water partition coefficient (Wildman–Crippen LogP) is 3.11. The highest BCUT2D eigenvalue weighted by atomic mass is 16.3. The van der Waals surface area contributed by atoms with Crippen molar-refractivity contribution in [3.05, 3.63) is 23.7 Å². The summed E-state index contributed by atoms with van der Waals surface area (Å²) >= 11 is 0. The molecule has 0 amide bonds. The standard InChI is InChI=1S/C12H21NO/c1-5-9(2)11(4)13-8-12-7-6-10(3)14-12/h6-7,9,11,13H,5,8H2,1-4H3. The lowest BCUT2D eigenvalue weighted by atomic mass is 10.0. The van der Waals surface area contributed by atoms with Crippen LogP contribution < -0.4 is 5.32 Å². The normalized spacial score (nSPS) is 15.4. The molecule has 0 bridgehead atoms. The van der Waals surface area contributed by atoms with Crippen molar-refractivity contribution >= 4 is 0 Å². The molecule has 1 N–H and O–H groups in total. The molecule has 1 rings (SSSR count). The molecule has 0 aliphatic heterocycles. The Morgan fingerprint density at radius 1 is 1.36 bits per heavy atom. The Balaban J connectivity index is 2.33. The highest BCUT2D eigenvalue weighted by Crippen LogP contribution is 2.09. The van der Waals surface area contributed by atoms with Crippen molar-refractivity contribution < 1.29 is 4.42 Å². The molecule has 80 valence electrons. The van der Waals surface area contributed by atoms with Gasteiger partial charge in [-0.2, -0.15) is 0 Å². The first-order valence-electron chi connectivity index (χ1n) is 5.42. The van der Waals surface area contributed by atoms with E-state index in [1.54, 1.807) is 0 Å². The maximum absolute atomic E-state index is 5.48. The summed E-state index contributed by atoms with van der Waals surface area (Å²) in [5.74, 6) is 2.72. The summed E-state index contributed by atoms with van der Waals surface area (Å²) in [4.78, 5) is 0. The number of aryl methyl sites for hydroxylation is 1. The van der Waals surface area contributed by atoms with Gasteiger partial charge in [0.1, 0.15) is 11.5 Å². The molecule has 1 aromatic heterocycles. The lowest BCUT2D eigenvalue weighted by Gasteiger charge is -2.19. The highest BCUT2D eigenvalue weighted by molar-refractivity contribution is 5.05. The molecule has 1 aromatic rings. The average Bonchev–Trinajstić information content (AvgIpc) is 2.59. The molecule has 0 aromatic carbocycles. The summed E-state index contributed by atoms with van der Waals surface area (Å²) in [6, 6.07) is 4.58. The Hall–Kier alpha value is -0.760. The van der Waals surface area contributed by atoms with E-state index in [9.17, 15) is 0 Å². The molecule has 2 atom stereocenters. The maximum Gasteiger partial charge on any atom is 0.117 e. The molecule has 0 spiro atoms. The molecule has 14 heavy (non-hydrogen) atoms. The summed E-state index contributed by atoms with van der Waals surface area (Å²) in [7, 11) is 0. The second kappa shape index (κ2) is 5.20. The Labute approximate surface area is 86.7 Å². The molecule has 0 aliphatic carbocycles. The van der Waals surface area contributed by atoms with Gasteiger partial charge in [0.2, 0.25) is 0 Å². The van der Waals surface area contributed by atoms with E-state index in [0.29, 0.717) is 12.0 Å². The van der Waals surface area contributed by atoms with Crippen LogP contribution in [-0.4, -0.2) is 6.04 Å². The topological polar surface area (TPSA) is 25.2 Å². The number of rotatable bonds is 5. The predicted molar refractivity (Wildman–Crippen MR) is 59.2 cm³/mol.